The first-order chi connectivity index (χ1) is 7.90. The second-order valence-corrected chi connectivity index (χ2v) is 5.40. The SMILES string of the molecule is CCn1ncnc1CNCC1CCSCC1. The first kappa shape index (κ1) is 11.9. The van der Waals surface area contributed by atoms with Crippen molar-refractivity contribution in [1.29, 1.82) is 0 Å². The van der Waals surface area contributed by atoms with Crippen LogP contribution < -0.4 is 5.32 Å². The minimum absolute atomic E-state index is 0.845. The van der Waals surface area contributed by atoms with Crippen LogP contribution in [-0.2, 0) is 13.1 Å². The van der Waals surface area contributed by atoms with Crippen molar-refractivity contribution < 1.29 is 0 Å². The zero-order valence-corrected chi connectivity index (χ0v) is 10.7. The van der Waals surface area contributed by atoms with Crippen LogP contribution in [0.2, 0.25) is 0 Å². The number of aryl methyl sites for hydroxylation is 1. The van der Waals surface area contributed by atoms with E-state index in [2.05, 4.69) is 34.1 Å². The fourth-order valence-electron chi connectivity index (χ4n) is 2.03. The van der Waals surface area contributed by atoms with Crippen LogP contribution in [-0.4, -0.2) is 32.8 Å². The van der Waals surface area contributed by atoms with Gasteiger partial charge in [0.2, 0.25) is 0 Å². The Morgan fingerprint density at radius 3 is 3.06 bits per heavy atom. The van der Waals surface area contributed by atoms with E-state index in [1.54, 1.807) is 6.33 Å². The Morgan fingerprint density at radius 2 is 2.31 bits per heavy atom. The number of thioether (sulfide) groups is 1. The molecule has 1 aliphatic rings. The Kier molecular flexibility index (Phi) is 4.66. The van der Waals surface area contributed by atoms with E-state index in [1.165, 1.54) is 24.3 Å². The maximum absolute atomic E-state index is 4.25. The molecule has 4 nitrogen and oxygen atoms in total. The topological polar surface area (TPSA) is 42.7 Å². The molecule has 16 heavy (non-hydrogen) atoms. The van der Waals surface area contributed by atoms with E-state index >= 15 is 0 Å². The molecule has 1 aliphatic heterocycles. The number of rotatable bonds is 5. The summed E-state index contributed by atoms with van der Waals surface area (Å²) in [4.78, 5) is 4.25. The van der Waals surface area contributed by atoms with Crippen LogP contribution in [0, 0.1) is 5.92 Å². The zero-order chi connectivity index (χ0) is 11.2. The van der Waals surface area contributed by atoms with Gasteiger partial charge in [0.15, 0.2) is 0 Å². The highest BCUT2D eigenvalue weighted by molar-refractivity contribution is 7.99. The number of nitrogens with one attached hydrogen (secondary N) is 1. The predicted octanol–water partition coefficient (Wildman–Crippen LogP) is 1.53. The van der Waals surface area contributed by atoms with Crippen molar-refractivity contribution in [3.05, 3.63) is 12.2 Å². The largest absolute Gasteiger partial charge is 0.310 e. The molecule has 0 bridgehead atoms. The molecule has 0 spiro atoms. The Labute approximate surface area is 101 Å². The molecule has 0 unspecified atom stereocenters. The summed E-state index contributed by atoms with van der Waals surface area (Å²) in [5.41, 5.74) is 0. The summed E-state index contributed by atoms with van der Waals surface area (Å²) in [5.74, 6) is 4.57. The predicted molar refractivity (Wildman–Crippen MR) is 67.5 cm³/mol. The van der Waals surface area contributed by atoms with Crippen LogP contribution in [0.3, 0.4) is 0 Å². The molecule has 0 atom stereocenters. The Morgan fingerprint density at radius 1 is 1.50 bits per heavy atom. The van der Waals surface area contributed by atoms with Gasteiger partial charge in [-0.05, 0) is 43.7 Å². The van der Waals surface area contributed by atoms with Gasteiger partial charge in [-0.1, -0.05) is 0 Å². The molecule has 0 saturated carbocycles. The third kappa shape index (κ3) is 3.22. The minimum Gasteiger partial charge on any atom is -0.310 e. The maximum Gasteiger partial charge on any atom is 0.140 e. The fraction of sp³-hybridized carbons (Fsp3) is 0.818. The van der Waals surface area contributed by atoms with Crippen LogP contribution in [0.15, 0.2) is 6.33 Å². The molecule has 1 saturated heterocycles. The van der Waals surface area contributed by atoms with E-state index in [0.717, 1.165) is 31.4 Å². The first-order valence-corrected chi connectivity index (χ1v) is 7.20. The lowest BCUT2D eigenvalue weighted by atomic mass is 10.0. The van der Waals surface area contributed by atoms with Gasteiger partial charge in [0, 0.05) is 6.54 Å². The lowest BCUT2D eigenvalue weighted by molar-refractivity contribution is 0.438. The summed E-state index contributed by atoms with van der Waals surface area (Å²) in [5, 5.41) is 7.66. The van der Waals surface area contributed by atoms with Crippen molar-refractivity contribution in [2.75, 3.05) is 18.1 Å². The van der Waals surface area contributed by atoms with Gasteiger partial charge in [-0.15, -0.1) is 0 Å². The van der Waals surface area contributed by atoms with Crippen molar-refractivity contribution in [2.45, 2.75) is 32.9 Å². The van der Waals surface area contributed by atoms with Crippen molar-refractivity contribution in [3.8, 4) is 0 Å². The average molecular weight is 240 g/mol. The number of aromatic nitrogens is 3. The standard InChI is InChI=1S/C11H20N4S/c1-2-15-11(13-9-14-15)8-12-7-10-3-5-16-6-4-10/h9-10,12H,2-8H2,1H3. The van der Waals surface area contributed by atoms with Crippen molar-refractivity contribution >= 4 is 11.8 Å². The molecular formula is C11H20N4S. The van der Waals surface area contributed by atoms with E-state index in [9.17, 15) is 0 Å². The fourth-order valence-corrected chi connectivity index (χ4v) is 3.23. The summed E-state index contributed by atoms with van der Waals surface area (Å²) >= 11 is 2.08. The first-order valence-electron chi connectivity index (χ1n) is 6.05. The molecule has 0 aromatic carbocycles. The van der Waals surface area contributed by atoms with Crippen LogP contribution in [0.4, 0.5) is 0 Å². The van der Waals surface area contributed by atoms with Crippen molar-refractivity contribution in [1.82, 2.24) is 20.1 Å². The highest BCUT2D eigenvalue weighted by atomic mass is 32.2. The van der Waals surface area contributed by atoms with Crippen molar-refractivity contribution in [2.24, 2.45) is 5.92 Å². The second-order valence-electron chi connectivity index (χ2n) is 4.18. The van der Waals surface area contributed by atoms with Gasteiger partial charge < -0.3 is 5.32 Å². The Hall–Kier alpha value is -0.550. The van der Waals surface area contributed by atoms with Gasteiger partial charge >= 0.3 is 0 Å². The van der Waals surface area contributed by atoms with Crippen LogP contribution in [0.25, 0.3) is 0 Å². The average Bonchev–Trinajstić information content (AvgIpc) is 2.78. The third-order valence-electron chi connectivity index (χ3n) is 3.05. The molecule has 2 heterocycles. The van der Waals surface area contributed by atoms with Gasteiger partial charge in [-0.2, -0.15) is 16.9 Å². The van der Waals surface area contributed by atoms with Gasteiger partial charge in [0.05, 0.1) is 6.54 Å². The highest BCUT2D eigenvalue weighted by Crippen LogP contribution is 2.21. The molecule has 0 amide bonds. The third-order valence-corrected chi connectivity index (χ3v) is 4.10. The molecule has 2 rings (SSSR count). The number of hydrogen-bond donors (Lipinski definition) is 1. The van der Waals surface area contributed by atoms with E-state index in [4.69, 9.17) is 0 Å². The lowest BCUT2D eigenvalue weighted by Gasteiger charge is -2.21. The lowest BCUT2D eigenvalue weighted by Crippen LogP contribution is -2.26. The van der Waals surface area contributed by atoms with Crippen LogP contribution >= 0.6 is 11.8 Å². The van der Waals surface area contributed by atoms with E-state index in [-0.39, 0.29) is 0 Å². The number of hydrogen-bond acceptors (Lipinski definition) is 4. The summed E-state index contributed by atoms with van der Waals surface area (Å²) in [6, 6.07) is 0. The molecule has 1 N–H and O–H groups in total. The molecule has 0 aliphatic carbocycles. The summed E-state index contributed by atoms with van der Waals surface area (Å²) < 4.78 is 1.95. The summed E-state index contributed by atoms with van der Waals surface area (Å²) in [7, 11) is 0. The van der Waals surface area contributed by atoms with E-state index in [1.807, 2.05) is 4.68 Å². The molecular weight excluding hydrogens is 220 g/mol. The normalized spacial score (nSPS) is 17.8. The molecule has 1 aromatic heterocycles. The monoisotopic (exact) mass is 240 g/mol. The second kappa shape index (κ2) is 6.25. The van der Waals surface area contributed by atoms with Crippen LogP contribution in [0.5, 0.6) is 0 Å². The molecule has 1 aromatic rings. The maximum atomic E-state index is 4.25. The minimum atomic E-state index is 0.845. The van der Waals surface area contributed by atoms with Gasteiger partial charge in [-0.25, -0.2) is 9.67 Å². The van der Waals surface area contributed by atoms with Gasteiger partial charge in [-0.3, -0.25) is 0 Å². The van der Waals surface area contributed by atoms with Gasteiger partial charge in [0.1, 0.15) is 12.2 Å². The van der Waals surface area contributed by atoms with E-state index in [0.29, 0.717) is 0 Å². The molecule has 0 radical (unpaired) electrons. The molecule has 5 heteroatoms. The summed E-state index contributed by atoms with van der Waals surface area (Å²) in [6.07, 6.45) is 4.36. The van der Waals surface area contributed by atoms with Crippen molar-refractivity contribution in [3.63, 3.8) is 0 Å². The Bertz CT molecular complexity index is 307. The Balaban J connectivity index is 1.71. The van der Waals surface area contributed by atoms with Crippen LogP contribution in [0.1, 0.15) is 25.6 Å². The highest BCUT2D eigenvalue weighted by Gasteiger charge is 2.13. The van der Waals surface area contributed by atoms with E-state index < -0.39 is 0 Å². The smallest absolute Gasteiger partial charge is 0.140 e. The quantitative estimate of drug-likeness (QED) is 0.847. The number of nitrogens with zero attached hydrogens (tertiary/aromatic N) is 3. The zero-order valence-electron chi connectivity index (χ0n) is 9.85. The summed E-state index contributed by atoms with van der Waals surface area (Å²) in [6.45, 7) is 4.96. The molecule has 90 valence electrons. The van der Waals surface area contributed by atoms with Gasteiger partial charge in [0.25, 0.3) is 0 Å². The molecule has 1 fully saturated rings.